The van der Waals surface area contributed by atoms with Gasteiger partial charge >= 0.3 is 5.97 Å². The molecule has 1 aliphatic carbocycles. The van der Waals surface area contributed by atoms with Crippen molar-refractivity contribution in [3.05, 3.63) is 45.0 Å². The number of nitrogens with zero attached hydrogens (tertiary/aromatic N) is 2. The van der Waals surface area contributed by atoms with Gasteiger partial charge in [-0.25, -0.2) is 4.79 Å². The van der Waals surface area contributed by atoms with E-state index in [0.29, 0.717) is 29.4 Å². The summed E-state index contributed by atoms with van der Waals surface area (Å²) in [5.41, 5.74) is 7.57. The largest absolute Gasteiger partial charge is 0.461 e. The second-order valence-electron chi connectivity index (χ2n) is 5.94. The van der Waals surface area contributed by atoms with Crippen LogP contribution in [0, 0.1) is 5.92 Å². The highest BCUT2D eigenvalue weighted by Gasteiger charge is 2.37. The van der Waals surface area contributed by atoms with Crippen LogP contribution in [0.2, 0.25) is 5.02 Å². The number of carbonyl (C=O) groups is 1. The van der Waals surface area contributed by atoms with Gasteiger partial charge in [-0.1, -0.05) is 29.8 Å². The molecule has 0 saturated carbocycles. The summed E-state index contributed by atoms with van der Waals surface area (Å²) < 4.78 is 6.35. The van der Waals surface area contributed by atoms with E-state index in [1.54, 1.807) is 19.1 Å². The lowest BCUT2D eigenvalue weighted by Crippen LogP contribution is -2.34. The first-order valence-electron chi connectivity index (χ1n) is 8.12. The molecular formula is C18H19ClIN3O2. The summed E-state index contributed by atoms with van der Waals surface area (Å²) in [6.07, 6.45) is 7.89. The summed E-state index contributed by atoms with van der Waals surface area (Å²) in [5, 5.41) is 6.90. The summed E-state index contributed by atoms with van der Waals surface area (Å²) >= 11 is 8.69. The molecular weight excluding hydrogens is 453 g/mol. The summed E-state index contributed by atoms with van der Waals surface area (Å²) in [4.78, 5) is 12.2. The second-order valence-corrected chi connectivity index (χ2v) is 7.59. The Labute approximate surface area is 165 Å². The van der Waals surface area contributed by atoms with Gasteiger partial charge in [0, 0.05) is 21.6 Å². The lowest BCUT2D eigenvalue weighted by molar-refractivity contribution is -0.135. The number of nitrogen functional groups attached to an aromatic ring is 1. The Morgan fingerprint density at radius 2 is 2.32 bits per heavy atom. The van der Waals surface area contributed by atoms with Crippen molar-refractivity contribution in [1.82, 2.24) is 0 Å². The van der Waals surface area contributed by atoms with E-state index in [-0.39, 0.29) is 17.9 Å². The third-order valence-corrected chi connectivity index (χ3v) is 5.36. The Morgan fingerprint density at radius 3 is 2.96 bits per heavy atom. The maximum absolute atomic E-state index is 12.2. The molecule has 0 fully saturated rings. The van der Waals surface area contributed by atoms with E-state index in [4.69, 9.17) is 22.1 Å². The van der Waals surface area contributed by atoms with Crippen LogP contribution in [0.4, 0.5) is 11.4 Å². The number of ether oxygens (including phenoxy) is 1. The number of allylic oxidation sites excluding steroid dienone is 3. The fourth-order valence-corrected chi connectivity index (χ4v) is 3.78. The Balaban J connectivity index is 1.93. The number of halogens is 2. The van der Waals surface area contributed by atoms with Crippen LogP contribution in [0.25, 0.3) is 0 Å². The van der Waals surface area contributed by atoms with Crippen molar-refractivity contribution in [1.29, 1.82) is 0 Å². The lowest BCUT2D eigenvalue weighted by Gasteiger charge is -2.30. The van der Waals surface area contributed by atoms with Gasteiger partial charge in [0.2, 0.25) is 0 Å². The molecule has 2 aliphatic rings. The van der Waals surface area contributed by atoms with Crippen LogP contribution in [0.5, 0.6) is 0 Å². The maximum atomic E-state index is 12.2. The van der Waals surface area contributed by atoms with E-state index in [0.717, 1.165) is 12.1 Å². The predicted octanol–water partition coefficient (Wildman–Crippen LogP) is 4.32. The van der Waals surface area contributed by atoms with Crippen LogP contribution in [0.3, 0.4) is 0 Å². The Morgan fingerprint density at radius 1 is 1.52 bits per heavy atom. The Kier molecular flexibility index (Phi) is 5.68. The number of benzene rings is 1. The van der Waals surface area contributed by atoms with Crippen molar-refractivity contribution in [2.75, 3.05) is 17.3 Å². The standard InChI is InChI=1S/C18H19ClIN3O2/c1-2-25-18(24)15-10-17(11-3-5-12(20)6-4-11)23(22-15)16-8-7-13(21)9-14(16)19/h3,5-9,11,17H,2,4,10,21H2,1H3. The number of rotatable bonds is 4. The zero-order chi connectivity index (χ0) is 18.0. The Hall–Kier alpha value is -1.54. The molecule has 1 heterocycles. The summed E-state index contributed by atoms with van der Waals surface area (Å²) in [6, 6.07) is 5.34. The third-order valence-electron chi connectivity index (χ3n) is 4.26. The van der Waals surface area contributed by atoms with Crippen LogP contribution in [0.1, 0.15) is 19.8 Å². The molecule has 1 aromatic carbocycles. The van der Waals surface area contributed by atoms with E-state index in [1.807, 2.05) is 11.1 Å². The van der Waals surface area contributed by atoms with E-state index in [9.17, 15) is 4.79 Å². The van der Waals surface area contributed by atoms with Crippen LogP contribution < -0.4 is 10.7 Å². The van der Waals surface area contributed by atoms with E-state index < -0.39 is 0 Å². The molecule has 0 saturated heterocycles. The van der Waals surface area contributed by atoms with Crippen molar-refractivity contribution in [3.8, 4) is 0 Å². The van der Waals surface area contributed by atoms with Gasteiger partial charge in [-0.05, 0) is 54.1 Å². The van der Waals surface area contributed by atoms with Crippen molar-refractivity contribution >= 4 is 57.2 Å². The molecule has 0 amide bonds. The van der Waals surface area contributed by atoms with Gasteiger partial charge < -0.3 is 10.5 Å². The van der Waals surface area contributed by atoms with Crippen molar-refractivity contribution in [2.45, 2.75) is 25.8 Å². The molecule has 132 valence electrons. The fourth-order valence-electron chi connectivity index (χ4n) is 3.04. The van der Waals surface area contributed by atoms with Gasteiger partial charge in [-0.2, -0.15) is 5.10 Å². The minimum Gasteiger partial charge on any atom is -0.461 e. The first-order chi connectivity index (χ1) is 12.0. The highest BCUT2D eigenvalue weighted by atomic mass is 127. The molecule has 25 heavy (non-hydrogen) atoms. The number of hydrogen-bond donors (Lipinski definition) is 1. The molecule has 0 radical (unpaired) electrons. The van der Waals surface area contributed by atoms with E-state index in [2.05, 4.69) is 45.9 Å². The first kappa shape index (κ1) is 18.3. The summed E-state index contributed by atoms with van der Waals surface area (Å²) in [6.45, 7) is 2.12. The highest BCUT2D eigenvalue weighted by Crippen LogP contribution is 2.37. The number of hydrazone groups is 1. The average molecular weight is 472 g/mol. The zero-order valence-electron chi connectivity index (χ0n) is 13.8. The van der Waals surface area contributed by atoms with Crippen molar-refractivity contribution < 1.29 is 9.53 Å². The third kappa shape index (κ3) is 4.00. The quantitative estimate of drug-likeness (QED) is 0.404. The minimum atomic E-state index is -0.369. The number of hydrogen-bond acceptors (Lipinski definition) is 5. The summed E-state index contributed by atoms with van der Waals surface area (Å²) in [7, 11) is 0. The first-order valence-corrected chi connectivity index (χ1v) is 9.58. The molecule has 5 nitrogen and oxygen atoms in total. The van der Waals surface area contributed by atoms with Gasteiger partial charge in [0.1, 0.15) is 5.71 Å². The Bertz CT molecular complexity index is 776. The minimum absolute atomic E-state index is 0.0116. The molecule has 2 atom stereocenters. The van der Waals surface area contributed by atoms with Gasteiger partial charge in [0.05, 0.1) is 23.4 Å². The molecule has 2 N–H and O–H groups in total. The maximum Gasteiger partial charge on any atom is 0.354 e. The van der Waals surface area contributed by atoms with Gasteiger partial charge in [-0.15, -0.1) is 0 Å². The highest BCUT2D eigenvalue weighted by molar-refractivity contribution is 14.1. The molecule has 0 bridgehead atoms. The van der Waals surface area contributed by atoms with Gasteiger partial charge in [0.25, 0.3) is 0 Å². The topological polar surface area (TPSA) is 67.9 Å². The lowest BCUT2D eigenvalue weighted by atomic mass is 9.89. The smallest absolute Gasteiger partial charge is 0.354 e. The van der Waals surface area contributed by atoms with Gasteiger partial charge in [0.15, 0.2) is 0 Å². The predicted molar refractivity (Wildman–Crippen MR) is 110 cm³/mol. The zero-order valence-corrected chi connectivity index (χ0v) is 16.7. The molecule has 0 aromatic heterocycles. The molecule has 2 unspecified atom stereocenters. The fraction of sp³-hybridized carbons (Fsp3) is 0.333. The van der Waals surface area contributed by atoms with E-state index in [1.165, 1.54) is 3.58 Å². The van der Waals surface area contributed by atoms with Crippen molar-refractivity contribution in [3.63, 3.8) is 0 Å². The SMILES string of the molecule is CCOC(=O)C1=NN(c2ccc(N)cc2Cl)C(C2C=CC(I)=CC2)C1. The van der Waals surface area contributed by atoms with Gasteiger partial charge in [-0.3, -0.25) is 5.01 Å². The number of nitrogens with two attached hydrogens (primary N) is 1. The van der Waals surface area contributed by atoms with E-state index >= 15 is 0 Å². The number of carbonyl (C=O) groups excluding carboxylic acids is 1. The monoisotopic (exact) mass is 471 g/mol. The molecule has 1 aliphatic heterocycles. The van der Waals surface area contributed by atoms with Crippen LogP contribution >= 0.6 is 34.2 Å². The van der Waals surface area contributed by atoms with Crippen LogP contribution in [0.15, 0.2) is 45.1 Å². The average Bonchev–Trinajstić information content (AvgIpc) is 3.01. The molecule has 1 aromatic rings. The molecule has 3 rings (SSSR count). The normalized spacial score (nSPS) is 22.6. The van der Waals surface area contributed by atoms with Crippen LogP contribution in [-0.2, 0) is 9.53 Å². The number of anilines is 2. The number of esters is 1. The summed E-state index contributed by atoms with van der Waals surface area (Å²) in [5.74, 6) is -0.130. The van der Waals surface area contributed by atoms with Crippen LogP contribution in [-0.4, -0.2) is 24.3 Å². The second kappa shape index (κ2) is 7.78. The molecule has 0 spiro atoms. The van der Waals surface area contributed by atoms with Crippen molar-refractivity contribution in [2.24, 2.45) is 11.0 Å². The molecule has 7 heteroatoms.